The third-order valence-electron chi connectivity index (χ3n) is 3.66. The second-order valence-electron chi connectivity index (χ2n) is 5.08. The van der Waals surface area contributed by atoms with E-state index in [1.165, 1.54) is 26.0 Å². The van der Waals surface area contributed by atoms with Gasteiger partial charge in [0.2, 0.25) is 21.4 Å². The van der Waals surface area contributed by atoms with Crippen LogP contribution >= 0.6 is 11.6 Å². The first-order valence-corrected chi connectivity index (χ1v) is 8.63. The van der Waals surface area contributed by atoms with E-state index in [1.54, 1.807) is 0 Å². The lowest BCUT2D eigenvalue weighted by Crippen LogP contribution is -2.34. The molecule has 1 aliphatic rings. The molecule has 9 heteroatoms. The highest BCUT2D eigenvalue weighted by molar-refractivity contribution is 7.89. The van der Waals surface area contributed by atoms with Gasteiger partial charge in [-0.25, -0.2) is 17.1 Å². The molecule has 0 saturated heterocycles. The molecule has 1 unspecified atom stereocenters. The number of aliphatic hydroxyl groups excluding tert-OH is 1. The van der Waals surface area contributed by atoms with Crippen LogP contribution in [0.5, 0.6) is 0 Å². The molecule has 0 bridgehead atoms. The van der Waals surface area contributed by atoms with Crippen molar-refractivity contribution in [2.24, 2.45) is 0 Å². The van der Waals surface area contributed by atoms with E-state index in [2.05, 4.69) is 0 Å². The Hall–Kier alpha value is -1.80. The second-order valence-corrected chi connectivity index (χ2v) is 7.78. The number of rotatable bonds is 4. The number of carbonyl (C=O) groups excluding carboxylic acids is 1. The molecule has 1 heterocycles. The average Bonchev–Trinajstić information content (AvgIpc) is 2.71. The Morgan fingerprint density at radius 3 is 2.57 bits per heavy atom. The first kappa shape index (κ1) is 17.6. The zero-order valence-electron chi connectivity index (χ0n) is 12.6. The summed E-state index contributed by atoms with van der Waals surface area (Å²) in [7, 11) is -2.65. The molecule has 6 nitrogen and oxygen atoms in total. The van der Waals surface area contributed by atoms with Gasteiger partial charge in [0.15, 0.2) is 0 Å². The van der Waals surface area contributed by atoms with Crippen LogP contribution in [0.3, 0.4) is 0 Å². The van der Waals surface area contributed by atoms with Crippen molar-refractivity contribution in [3.63, 3.8) is 0 Å². The van der Waals surface area contributed by atoms with Crippen LogP contribution in [0.4, 0.5) is 4.39 Å². The highest BCUT2D eigenvalue weighted by Gasteiger charge is 2.52. The van der Waals surface area contributed by atoms with Crippen molar-refractivity contribution in [3.8, 4) is 0 Å². The lowest BCUT2D eigenvalue weighted by atomic mass is 9.91. The first-order valence-electron chi connectivity index (χ1n) is 6.64. The zero-order chi connectivity index (χ0) is 17.6. The minimum absolute atomic E-state index is 0.0732. The Morgan fingerprint density at radius 2 is 2.04 bits per heavy atom. The van der Waals surface area contributed by atoms with Gasteiger partial charge in [0, 0.05) is 7.05 Å². The van der Waals surface area contributed by atoms with Gasteiger partial charge >= 0.3 is 0 Å². The Kier molecular flexibility index (Phi) is 4.34. The molecule has 0 spiro atoms. The van der Waals surface area contributed by atoms with Crippen molar-refractivity contribution in [2.45, 2.75) is 19.4 Å². The largest absolute Gasteiger partial charge is 0.501 e. The van der Waals surface area contributed by atoms with Gasteiger partial charge in [-0.3, -0.25) is 4.79 Å². The summed E-state index contributed by atoms with van der Waals surface area (Å²) in [5, 5.41) is 9.93. The summed E-state index contributed by atoms with van der Waals surface area (Å²) in [5.41, 5.74) is -2.23. The van der Waals surface area contributed by atoms with E-state index in [-0.39, 0.29) is 16.3 Å². The second kappa shape index (κ2) is 5.68. The molecule has 0 aromatic heterocycles. The molecule has 0 amide bonds. The molecule has 2 rings (SSSR count). The van der Waals surface area contributed by atoms with Gasteiger partial charge in [0.25, 0.3) is 11.7 Å². The monoisotopic (exact) mass is 363 g/mol. The van der Waals surface area contributed by atoms with Gasteiger partial charge in [-0.15, -0.1) is 0 Å². The number of aliphatic hydroxyl groups is 1. The average molecular weight is 364 g/mol. The van der Waals surface area contributed by atoms with Gasteiger partial charge in [-0.1, -0.05) is 17.7 Å². The standard InChI is InChI=1S/C14H15ClFNO5S/c1-4-23(20,21)17(3)13-11(18)12(19)14(2,22-13)10-8(15)6-5-7-9(10)16/h5-7,18H,4H2,1-3H3. The number of benzene rings is 1. The molecule has 23 heavy (non-hydrogen) atoms. The van der Waals surface area contributed by atoms with Gasteiger partial charge in [-0.2, -0.15) is 0 Å². The summed E-state index contributed by atoms with van der Waals surface area (Å²) in [6.07, 6.45) is 0. The summed E-state index contributed by atoms with van der Waals surface area (Å²) in [5.74, 6) is -3.50. The zero-order valence-corrected chi connectivity index (χ0v) is 14.2. The van der Waals surface area contributed by atoms with Crippen molar-refractivity contribution in [2.75, 3.05) is 12.8 Å². The molecule has 126 valence electrons. The van der Waals surface area contributed by atoms with Crippen molar-refractivity contribution < 1.29 is 27.4 Å². The van der Waals surface area contributed by atoms with E-state index < -0.39 is 38.9 Å². The molecule has 1 N–H and O–H groups in total. The van der Waals surface area contributed by atoms with Crippen molar-refractivity contribution in [1.82, 2.24) is 4.31 Å². The molecule has 0 fully saturated rings. The number of ketones is 1. The predicted octanol–water partition coefficient (Wildman–Crippen LogP) is 2.30. The normalized spacial score (nSPS) is 21.5. The number of sulfonamides is 1. The Bertz CT molecular complexity index is 787. The van der Waals surface area contributed by atoms with Gasteiger partial charge in [0.1, 0.15) is 5.82 Å². The van der Waals surface area contributed by atoms with Crippen LogP contribution in [0.2, 0.25) is 5.02 Å². The van der Waals surface area contributed by atoms with E-state index in [9.17, 15) is 22.7 Å². The van der Waals surface area contributed by atoms with Gasteiger partial charge in [0.05, 0.1) is 16.3 Å². The van der Waals surface area contributed by atoms with Crippen LogP contribution in [0.1, 0.15) is 19.4 Å². The van der Waals surface area contributed by atoms with E-state index in [4.69, 9.17) is 16.3 Å². The van der Waals surface area contributed by atoms with E-state index in [0.29, 0.717) is 4.31 Å². The number of ether oxygens (including phenoxy) is 1. The van der Waals surface area contributed by atoms with E-state index in [0.717, 1.165) is 13.1 Å². The molecule has 0 aliphatic carbocycles. The molecular weight excluding hydrogens is 349 g/mol. The third kappa shape index (κ3) is 2.66. The Labute approximate surface area is 138 Å². The minimum atomic E-state index is -3.78. The fourth-order valence-electron chi connectivity index (χ4n) is 2.26. The number of carbonyl (C=O) groups is 1. The molecular formula is C14H15ClFNO5S. The number of Topliss-reactive ketones (excluding diaryl/α,β-unsaturated/α-hetero) is 1. The van der Waals surface area contributed by atoms with Crippen LogP contribution in [0, 0.1) is 5.82 Å². The quantitative estimate of drug-likeness (QED) is 0.887. The van der Waals surface area contributed by atoms with Gasteiger partial charge in [-0.05, 0) is 26.0 Å². The van der Waals surface area contributed by atoms with E-state index in [1.807, 2.05) is 0 Å². The molecule has 1 aromatic rings. The summed E-state index contributed by atoms with van der Waals surface area (Å²) < 4.78 is 44.0. The Morgan fingerprint density at radius 1 is 1.43 bits per heavy atom. The van der Waals surface area contributed by atoms with Crippen LogP contribution in [0.25, 0.3) is 0 Å². The third-order valence-corrected chi connectivity index (χ3v) is 5.70. The minimum Gasteiger partial charge on any atom is -0.501 e. The van der Waals surface area contributed by atoms with E-state index >= 15 is 0 Å². The maximum Gasteiger partial charge on any atom is 0.251 e. The molecule has 1 atom stereocenters. The summed E-state index contributed by atoms with van der Waals surface area (Å²) in [6, 6.07) is 3.81. The van der Waals surface area contributed by atoms with Crippen LogP contribution in [-0.4, -0.2) is 36.4 Å². The SMILES string of the molecule is CCS(=O)(=O)N(C)C1=C(O)C(=O)C(C)(c2c(F)cccc2Cl)O1. The van der Waals surface area contributed by atoms with Crippen molar-refractivity contribution >= 4 is 27.4 Å². The molecule has 1 aromatic carbocycles. The highest BCUT2D eigenvalue weighted by atomic mass is 35.5. The van der Waals surface area contributed by atoms with Crippen molar-refractivity contribution in [1.29, 1.82) is 0 Å². The summed E-state index contributed by atoms with van der Waals surface area (Å²) in [4.78, 5) is 12.4. The smallest absolute Gasteiger partial charge is 0.251 e. The molecule has 0 radical (unpaired) electrons. The van der Waals surface area contributed by atoms with Crippen molar-refractivity contribution in [3.05, 3.63) is 46.2 Å². The lowest BCUT2D eigenvalue weighted by molar-refractivity contribution is -0.132. The summed E-state index contributed by atoms with van der Waals surface area (Å²) in [6.45, 7) is 2.61. The summed E-state index contributed by atoms with van der Waals surface area (Å²) >= 11 is 5.95. The topological polar surface area (TPSA) is 83.9 Å². The van der Waals surface area contributed by atoms with Crippen LogP contribution in [-0.2, 0) is 25.2 Å². The lowest BCUT2D eigenvalue weighted by Gasteiger charge is -2.27. The van der Waals surface area contributed by atoms with Crippen LogP contribution in [0.15, 0.2) is 29.8 Å². The predicted molar refractivity (Wildman–Crippen MR) is 81.7 cm³/mol. The Balaban J connectivity index is 2.55. The number of hydrogen-bond donors (Lipinski definition) is 1. The maximum absolute atomic E-state index is 14.1. The first-order chi connectivity index (χ1) is 10.6. The molecule has 0 saturated carbocycles. The number of halogens is 2. The highest BCUT2D eigenvalue weighted by Crippen LogP contribution is 2.43. The number of nitrogens with zero attached hydrogens (tertiary/aromatic N) is 1. The number of hydrogen-bond acceptors (Lipinski definition) is 5. The fraction of sp³-hybridized carbons (Fsp3) is 0.357. The van der Waals surface area contributed by atoms with Gasteiger partial charge < -0.3 is 9.84 Å². The fourth-order valence-corrected chi connectivity index (χ4v) is 3.37. The van der Waals surface area contributed by atoms with Crippen LogP contribution < -0.4 is 0 Å². The maximum atomic E-state index is 14.1. The molecule has 1 aliphatic heterocycles.